The SMILES string of the molecule is O=C(NCCC1CCNC1)Nc1cc(Cl)cc(Cl)c1. The largest absolute Gasteiger partial charge is 0.338 e. The van der Waals surface area contributed by atoms with E-state index in [0.29, 0.717) is 28.2 Å². The summed E-state index contributed by atoms with van der Waals surface area (Å²) in [5.74, 6) is 0.668. The van der Waals surface area contributed by atoms with Crippen LogP contribution in [0.4, 0.5) is 10.5 Å². The molecule has 1 aliphatic rings. The molecule has 0 spiro atoms. The predicted molar refractivity (Wildman–Crippen MR) is 79.1 cm³/mol. The van der Waals surface area contributed by atoms with E-state index in [-0.39, 0.29) is 6.03 Å². The lowest BCUT2D eigenvalue weighted by molar-refractivity contribution is 0.251. The Morgan fingerprint density at radius 1 is 1.32 bits per heavy atom. The van der Waals surface area contributed by atoms with E-state index in [2.05, 4.69) is 16.0 Å². The highest BCUT2D eigenvalue weighted by molar-refractivity contribution is 6.35. The van der Waals surface area contributed by atoms with Crippen molar-refractivity contribution in [3.63, 3.8) is 0 Å². The first kappa shape index (κ1) is 14.4. The molecule has 1 fully saturated rings. The van der Waals surface area contributed by atoms with Crippen molar-refractivity contribution in [3.8, 4) is 0 Å². The Kier molecular flexibility index (Phi) is 5.31. The van der Waals surface area contributed by atoms with Crippen LogP contribution in [0.5, 0.6) is 0 Å². The molecule has 1 aliphatic heterocycles. The first-order valence-electron chi connectivity index (χ1n) is 6.35. The number of rotatable bonds is 4. The highest BCUT2D eigenvalue weighted by atomic mass is 35.5. The Hall–Kier alpha value is -0.970. The van der Waals surface area contributed by atoms with Crippen molar-refractivity contribution < 1.29 is 4.79 Å². The summed E-state index contributed by atoms with van der Waals surface area (Å²) in [6.45, 7) is 2.80. The smallest absolute Gasteiger partial charge is 0.319 e. The second kappa shape index (κ2) is 6.98. The highest BCUT2D eigenvalue weighted by Crippen LogP contribution is 2.22. The van der Waals surface area contributed by atoms with E-state index >= 15 is 0 Å². The van der Waals surface area contributed by atoms with Crippen LogP contribution in [-0.4, -0.2) is 25.7 Å². The van der Waals surface area contributed by atoms with Gasteiger partial charge < -0.3 is 16.0 Å². The highest BCUT2D eigenvalue weighted by Gasteiger charge is 2.14. The van der Waals surface area contributed by atoms with Crippen LogP contribution in [0.15, 0.2) is 18.2 Å². The van der Waals surface area contributed by atoms with Gasteiger partial charge >= 0.3 is 6.03 Å². The van der Waals surface area contributed by atoms with Gasteiger partial charge in [-0.15, -0.1) is 0 Å². The Morgan fingerprint density at radius 2 is 2.05 bits per heavy atom. The molecule has 0 aromatic heterocycles. The van der Waals surface area contributed by atoms with Gasteiger partial charge in [-0.2, -0.15) is 0 Å². The molecule has 0 aliphatic carbocycles. The number of benzene rings is 1. The lowest BCUT2D eigenvalue weighted by atomic mass is 10.1. The molecular weight excluding hydrogens is 285 g/mol. The summed E-state index contributed by atoms with van der Waals surface area (Å²) >= 11 is 11.7. The number of halogens is 2. The van der Waals surface area contributed by atoms with Gasteiger partial charge in [-0.1, -0.05) is 23.2 Å². The summed E-state index contributed by atoms with van der Waals surface area (Å²) in [6.07, 6.45) is 2.18. The maximum atomic E-state index is 11.7. The van der Waals surface area contributed by atoms with Gasteiger partial charge in [-0.25, -0.2) is 4.79 Å². The lowest BCUT2D eigenvalue weighted by Gasteiger charge is -2.10. The third kappa shape index (κ3) is 4.90. The first-order chi connectivity index (χ1) is 9.13. The average molecular weight is 302 g/mol. The molecule has 104 valence electrons. The van der Waals surface area contributed by atoms with Crippen LogP contribution in [0.1, 0.15) is 12.8 Å². The minimum atomic E-state index is -0.232. The maximum absolute atomic E-state index is 11.7. The zero-order chi connectivity index (χ0) is 13.7. The van der Waals surface area contributed by atoms with Gasteiger partial charge in [0.2, 0.25) is 0 Å². The van der Waals surface area contributed by atoms with Gasteiger partial charge in [0, 0.05) is 22.3 Å². The van der Waals surface area contributed by atoms with Crippen molar-refractivity contribution in [1.82, 2.24) is 10.6 Å². The van der Waals surface area contributed by atoms with E-state index in [1.165, 1.54) is 6.42 Å². The molecule has 3 N–H and O–H groups in total. The van der Waals surface area contributed by atoms with Crippen molar-refractivity contribution in [1.29, 1.82) is 0 Å². The van der Waals surface area contributed by atoms with Crippen molar-refractivity contribution in [2.45, 2.75) is 12.8 Å². The molecule has 0 saturated carbocycles. The third-order valence-corrected chi connectivity index (χ3v) is 3.56. The zero-order valence-corrected chi connectivity index (χ0v) is 12.0. The van der Waals surface area contributed by atoms with Crippen molar-refractivity contribution in [2.24, 2.45) is 5.92 Å². The van der Waals surface area contributed by atoms with Crippen molar-refractivity contribution in [2.75, 3.05) is 25.0 Å². The quantitative estimate of drug-likeness (QED) is 0.800. The van der Waals surface area contributed by atoms with Gasteiger partial charge in [-0.05, 0) is 50.0 Å². The van der Waals surface area contributed by atoms with E-state index in [4.69, 9.17) is 23.2 Å². The monoisotopic (exact) mass is 301 g/mol. The lowest BCUT2D eigenvalue weighted by Crippen LogP contribution is -2.30. The number of carbonyl (C=O) groups excluding carboxylic acids is 1. The summed E-state index contributed by atoms with van der Waals surface area (Å²) in [6, 6.07) is 4.71. The Morgan fingerprint density at radius 3 is 2.68 bits per heavy atom. The molecule has 1 saturated heterocycles. The summed E-state index contributed by atoms with van der Waals surface area (Å²) in [5.41, 5.74) is 0.595. The summed E-state index contributed by atoms with van der Waals surface area (Å²) in [5, 5.41) is 9.85. The van der Waals surface area contributed by atoms with E-state index in [9.17, 15) is 4.79 Å². The number of hydrogen-bond donors (Lipinski definition) is 3. The Balaban J connectivity index is 1.74. The van der Waals surface area contributed by atoms with Crippen LogP contribution in [0, 0.1) is 5.92 Å². The molecule has 6 heteroatoms. The summed E-state index contributed by atoms with van der Waals surface area (Å²) in [7, 11) is 0. The zero-order valence-electron chi connectivity index (χ0n) is 10.5. The first-order valence-corrected chi connectivity index (χ1v) is 7.11. The van der Waals surface area contributed by atoms with Gasteiger partial charge in [0.25, 0.3) is 0 Å². The minimum absolute atomic E-state index is 0.232. The van der Waals surface area contributed by atoms with Crippen LogP contribution in [0.3, 0.4) is 0 Å². The van der Waals surface area contributed by atoms with Gasteiger partial charge in [-0.3, -0.25) is 0 Å². The molecule has 1 aromatic carbocycles. The molecule has 1 atom stereocenters. The van der Waals surface area contributed by atoms with E-state index < -0.39 is 0 Å². The molecule has 1 unspecified atom stereocenters. The maximum Gasteiger partial charge on any atom is 0.319 e. The fourth-order valence-corrected chi connectivity index (χ4v) is 2.68. The number of carbonyl (C=O) groups is 1. The van der Waals surface area contributed by atoms with Gasteiger partial charge in [0.1, 0.15) is 0 Å². The van der Waals surface area contributed by atoms with Crippen LogP contribution >= 0.6 is 23.2 Å². The fourth-order valence-electron chi connectivity index (χ4n) is 2.15. The number of hydrogen-bond acceptors (Lipinski definition) is 2. The molecule has 4 nitrogen and oxygen atoms in total. The molecule has 2 rings (SSSR count). The molecule has 1 heterocycles. The Labute approximate surface area is 122 Å². The van der Waals surface area contributed by atoms with Crippen LogP contribution in [0.25, 0.3) is 0 Å². The van der Waals surface area contributed by atoms with E-state index in [0.717, 1.165) is 19.5 Å². The summed E-state index contributed by atoms with van der Waals surface area (Å²) in [4.78, 5) is 11.7. The predicted octanol–water partition coefficient (Wildman–Crippen LogP) is 3.11. The number of nitrogens with one attached hydrogen (secondary N) is 3. The van der Waals surface area contributed by atoms with E-state index in [1.807, 2.05) is 0 Å². The normalized spacial score (nSPS) is 18.3. The van der Waals surface area contributed by atoms with Gasteiger partial charge in [0.15, 0.2) is 0 Å². The van der Waals surface area contributed by atoms with Gasteiger partial charge in [0.05, 0.1) is 0 Å². The standard InChI is InChI=1S/C13H17Cl2N3O/c14-10-5-11(15)7-12(6-10)18-13(19)17-4-2-9-1-3-16-8-9/h5-7,9,16H,1-4,8H2,(H2,17,18,19). The summed E-state index contributed by atoms with van der Waals surface area (Å²) < 4.78 is 0. The molecule has 1 aromatic rings. The topological polar surface area (TPSA) is 53.2 Å². The van der Waals surface area contributed by atoms with Crippen molar-refractivity contribution in [3.05, 3.63) is 28.2 Å². The minimum Gasteiger partial charge on any atom is -0.338 e. The van der Waals surface area contributed by atoms with E-state index in [1.54, 1.807) is 18.2 Å². The average Bonchev–Trinajstić information content (AvgIpc) is 2.80. The Bertz CT molecular complexity index is 427. The molecular formula is C13H17Cl2N3O. The third-order valence-electron chi connectivity index (χ3n) is 3.12. The molecule has 19 heavy (non-hydrogen) atoms. The number of urea groups is 1. The molecule has 0 bridgehead atoms. The van der Waals surface area contributed by atoms with Crippen molar-refractivity contribution >= 4 is 34.9 Å². The number of amides is 2. The second-order valence-corrected chi connectivity index (χ2v) is 5.56. The number of anilines is 1. The van der Waals surface area contributed by atoms with Crippen LogP contribution in [-0.2, 0) is 0 Å². The van der Waals surface area contributed by atoms with Crippen LogP contribution in [0.2, 0.25) is 10.0 Å². The van der Waals surface area contributed by atoms with Crippen LogP contribution < -0.4 is 16.0 Å². The molecule has 0 radical (unpaired) electrons. The molecule has 2 amide bonds. The fraction of sp³-hybridized carbons (Fsp3) is 0.462. The second-order valence-electron chi connectivity index (χ2n) is 4.69.